The second-order valence-electron chi connectivity index (χ2n) is 7.18. The maximum absolute atomic E-state index is 12.5. The number of aromatic nitrogens is 3. The van der Waals surface area contributed by atoms with Gasteiger partial charge in [-0.25, -0.2) is 0 Å². The summed E-state index contributed by atoms with van der Waals surface area (Å²) in [5, 5.41) is 3.77. The van der Waals surface area contributed by atoms with E-state index in [1.165, 1.54) is 11.6 Å². The van der Waals surface area contributed by atoms with Gasteiger partial charge in [-0.2, -0.15) is 4.98 Å². The molecular formula is C24H20ClN5O2S. The predicted molar refractivity (Wildman–Crippen MR) is 132 cm³/mol. The smallest absolute Gasteiger partial charge is 0.275 e. The maximum Gasteiger partial charge on any atom is 0.275 e. The van der Waals surface area contributed by atoms with Crippen LogP contribution in [0.5, 0.6) is 0 Å². The van der Waals surface area contributed by atoms with Crippen molar-refractivity contribution in [3.8, 4) is 5.69 Å². The number of anilines is 2. The number of carbonyl (C=O) groups excluding carboxylic acids is 1. The number of nitrogen functional groups attached to an aromatic ring is 1. The zero-order chi connectivity index (χ0) is 23.2. The molecule has 0 aliphatic carbocycles. The second-order valence-corrected chi connectivity index (χ2v) is 8.56. The van der Waals surface area contributed by atoms with Crippen molar-refractivity contribution in [2.45, 2.75) is 11.6 Å². The molecule has 7 nitrogen and oxygen atoms in total. The average Bonchev–Trinajstić information content (AvgIpc) is 2.80. The van der Waals surface area contributed by atoms with Crippen LogP contribution in [0.3, 0.4) is 0 Å². The average molecular weight is 478 g/mol. The largest absolute Gasteiger partial charge is 0.385 e. The number of nitrogens with two attached hydrogens (primary N) is 1. The lowest BCUT2D eigenvalue weighted by Gasteiger charge is -2.14. The van der Waals surface area contributed by atoms with Crippen LogP contribution in [0.2, 0.25) is 5.02 Å². The lowest BCUT2D eigenvalue weighted by atomic mass is 10.1. The molecule has 0 saturated heterocycles. The molecule has 0 saturated carbocycles. The minimum absolute atomic E-state index is 0.0578. The Bertz CT molecular complexity index is 1310. The Labute approximate surface area is 199 Å². The first-order valence-corrected chi connectivity index (χ1v) is 11.4. The van der Waals surface area contributed by atoms with Crippen LogP contribution < -0.4 is 16.6 Å². The fourth-order valence-corrected chi connectivity index (χ4v) is 4.15. The topological polar surface area (TPSA) is 103 Å². The molecule has 3 N–H and O–H groups in total. The molecule has 4 aromatic rings. The van der Waals surface area contributed by atoms with Gasteiger partial charge in [-0.1, -0.05) is 35.5 Å². The quantitative estimate of drug-likeness (QED) is 0.305. The molecular weight excluding hydrogens is 458 g/mol. The van der Waals surface area contributed by atoms with Gasteiger partial charge in [0.1, 0.15) is 5.82 Å². The molecule has 2 heterocycles. The monoisotopic (exact) mass is 477 g/mol. The Morgan fingerprint density at radius 1 is 1.00 bits per heavy atom. The van der Waals surface area contributed by atoms with Crippen LogP contribution in [0.1, 0.15) is 11.1 Å². The molecule has 1 amide bonds. The molecule has 33 heavy (non-hydrogen) atoms. The molecule has 0 bridgehead atoms. The summed E-state index contributed by atoms with van der Waals surface area (Å²) >= 11 is 7.09. The third kappa shape index (κ3) is 6.00. The highest BCUT2D eigenvalue weighted by Crippen LogP contribution is 2.24. The van der Waals surface area contributed by atoms with Crippen LogP contribution >= 0.6 is 23.4 Å². The van der Waals surface area contributed by atoms with Crippen LogP contribution in [0, 0.1) is 0 Å². The number of hydrogen-bond donors (Lipinski definition) is 2. The van der Waals surface area contributed by atoms with Gasteiger partial charge in [-0.05, 0) is 66.1 Å². The Kier molecular flexibility index (Phi) is 7.07. The van der Waals surface area contributed by atoms with Crippen molar-refractivity contribution in [3.05, 3.63) is 106 Å². The number of benzene rings is 2. The van der Waals surface area contributed by atoms with Gasteiger partial charge < -0.3 is 11.1 Å². The molecule has 0 radical (unpaired) electrons. The van der Waals surface area contributed by atoms with Gasteiger partial charge in [0.15, 0.2) is 5.16 Å². The molecule has 166 valence electrons. The Morgan fingerprint density at radius 2 is 1.67 bits per heavy atom. The van der Waals surface area contributed by atoms with Gasteiger partial charge in [0.2, 0.25) is 5.91 Å². The summed E-state index contributed by atoms with van der Waals surface area (Å²) in [5.41, 5.74) is 9.27. The molecule has 0 fully saturated rings. The molecule has 9 heteroatoms. The van der Waals surface area contributed by atoms with E-state index in [-0.39, 0.29) is 17.5 Å². The van der Waals surface area contributed by atoms with E-state index in [0.717, 1.165) is 23.7 Å². The summed E-state index contributed by atoms with van der Waals surface area (Å²) in [5.74, 6) is 0.0636. The Balaban J connectivity index is 1.42. The lowest BCUT2D eigenvalue weighted by molar-refractivity contribution is -0.113. The van der Waals surface area contributed by atoms with E-state index in [0.29, 0.717) is 21.6 Å². The van der Waals surface area contributed by atoms with Gasteiger partial charge in [-0.15, -0.1) is 0 Å². The van der Waals surface area contributed by atoms with Gasteiger partial charge >= 0.3 is 0 Å². The fourth-order valence-electron chi connectivity index (χ4n) is 3.19. The molecule has 2 aromatic heterocycles. The SMILES string of the molecule is Nc1cc(=O)nc(SCC(=O)Nc2ccc(Cc3ccncc3)cc2)n1-c1ccc(Cl)cc1. The highest BCUT2D eigenvalue weighted by molar-refractivity contribution is 7.99. The first kappa shape index (κ1) is 22.6. The van der Waals surface area contributed by atoms with Crippen molar-refractivity contribution < 1.29 is 4.79 Å². The zero-order valence-electron chi connectivity index (χ0n) is 17.4. The van der Waals surface area contributed by atoms with Crippen LogP contribution in [-0.2, 0) is 11.2 Å². The van der Waals surface area contributed by atoms with E-state index >= 15 is 0 Å². The maximum atomic E-state index is 12.5. The van der Waals surface area contributed by atoms with Gasteiger partial charge in [-0.3, -0.25) is 19.1 Å². The number of halogens is 1. The summed E-state index contributed by atoms with van der Waals surface area (Å²) in [7, 11) is 0. The van der Waals surface area contributed by atoms with Crippen molar-refractivity contribution in [1.82, 2.24) is 14.5 Å². The van der Waals surface area contributed by atoms with Gasteiger partial charge in [0.25, 0.3) is 5.56 Å². The first-order valence-electron chi connectivity index (χ1n) is 10.0. The van der Waals surface area contributed by atoms with Crippen molar-refractivity contribution in [2.75, 3.05) is 16.8 Å². The molecule has 0 aliphatic heterocycles. The van der Waals surface area contributed by atoms with E-state index in [2.05, 4.69) is 15.3 Å². The number of nitrogens with zero attached hydrogens (tertiary/aromatic N) is 3. The first-order chi connectivity index (χ1) is 16.0. The van der Waals surface area contributed by atoms with Crippen molar-refractivity contribution >= 4 is 40.8 Å². The number of amides is 1. The minimum Gasteiger partial charge on any atom is -0.385 e. The number of pyridine rings is 1. The summed E-state index contributed by atoms with van der Waals surface area (Å²) in [4.78, 5) is 32.5. The molecule has 0 spiro atoms. The molecule has 0 unspecified atom stereocenters. The van der Waals surface area contributed by atoms with Crippen molar-refractivity contribution in [1.29, 1.82) is 0 Å². The standard InChI is InChI=1S/C24H20ClN5O2S/c25-18-3-7-20(8-4-18)30-21(26)14-22(31)29-24(30)33-15-23(32)28-19-5-1-16(2-6-19)13-17-9-11-27-12-10-17/h1-12,14H,13,15,26H2,(H,28,32). The van der Waals surface area contributed by atoms with E-state index in [1.54, 1.807) is 41.2 Å². The summed E-state index contributed by atoms with van der Waals surface area (Å²) < 4.78 is 1.61. The highest BCUT2D eigenvalue weighted by Gasteiger charge is 2.13. The lowest BCUT2D eigenvalue weighted by Crippen LogP contribution is -2.19. The van der Waals surface area contributed by atoms with Gasteiger partial charge in [0, 0.05) is 34.9 Å². The third-order valence-corrected chi connectivity index (χ3v) is 5.93. The molecule has 4 rings (SSSR count). The third-order valence-electron chi connectivity index (χ3n) is 4.74. The van der Waals surface area contributed by atoms with E-state index in [4.69, 9.17) is 17.3 Å². The minimum atomic E-state index is -0.467. The van der Waals surface area contributed by atoms with E-state index < -0.39 is 5.56 Å². The van der Waals surface area contributed by atoms with Crippen molar-refractivity contribution in [2.24, 2.45) is 0 Å². The highest BCUT2D eigenvalue weighted by atomic mass is 35.5. The van der Waals surface area contributed by atoms with Crippen LogP contribution in [0.4, 0.5) is 11.5 Å². The Hall–Kier alpha value is -3.62. The zero-order valence-corrected chi connectivity index (χ0v) is 19.0. The molecule has 2 aromatic carbocycles. The number of nitrogens with one attached hydrogen (secondary N) is 1. The second kappa shape index (κ2) is 10.3. The van der Waals surface area contributed by atoms with Crippen LogP contribution in [-0.4, -0.2) is 26.2 Å². The van der Waals surface area contributed by atoms with E-state index in [9.17, 15) is 9.59 Å². The Morgan fingerprint density at radius 3 is 2.36 bits per heavy atom. The summed E-state index contributed by atoms with van der Waals surface area (Å²) in [6.45, 7) is 0. The van der Waals surface area contributed by atoms with Crippen LogP contribution in [0.15, 0.2) is 89.1 Å². The predicted octanol–water partition coefficient (Wildman–Crippen LogP) is 4.18. The summed E-state index contributed by atoms with van der Waals surface area (Å²) in [6.07, 6.45) is 4.32. The number of carbonyl (C=O) groups is 1. The molecule has 0 aliphatic rings. The number of rotatable bonds is 7. The normalized spacial score (nSPS) is 10.7. The van der Waals surface area contributed by atoms with E-state index in [1.807, 2.05) is 36.4 Å². The molecule has 0 atom stereocenters. The summed E-state index contributed by atoms with van der Waals surface area (Å²) in [6, 6.07) is 19.8. The van der Waals surface area contributed by atoms with Crippen molar-refractivity contribution in [3.63, 3.8) is 0 Å². The fraction of sp³-hybridized carbons (Fsp3) is 0.0833. The van der Waals surface area contributed by atoms with Crippen LogP contribution in [0.25, 0.3) is 5.69 Å². The number of thioether (sulfide) groups is 1. The number of hydrogen-bond acceptors (Lipinski definition) is 6. The van der Waals surface area contributed by atoms with Gasteiger partial charge in [0.05, 0.1) is 5.75 Å².